The normalized spacial score (nSPS) is 10.7. The molecule has 0 saturated carbocycles. The van der Waals surface area contributed by atoms with Crippen LogP contribution in [0.25, 0.3) is 21.9 Å². The molecule has 0 aliphatic carbocycles. The standard InChI is InChI=1S/C20H10F6O.C8H8O/c1-27-13-3-5-14(18(22)10-13)11-2-4-15-12(8-11)9-17(21)16(19(15)23)6-7-20(24,25)26;1-7-2-4-8(6-9)5-3-7/h2-5,8-10H,1H3;2-6H,1H3. The number of carbonyl (C=O) groups is 1. The lowest BCUT2D eigenvalue weighted by Crippen LogP contribution is -2.02. The third-order valence-corrected chi connectivity index (χ3v) is 5.06. The van der Waals surface area contributed by atoms with Crippen LogP contribution in [0.3, 0.4) is 0 Å². The van der Waals surface area contributed by atoms with E-state index in [1.165, 1.54) is 48.9 Å². The van der Waals surface area contributed by atoms with Crippen molar-refractivity contribution in [1.82, 2.24) is 0 Å². The van der Waals surface area contributed by atoms with Gasteiger partial charge < -0.3 is 4.74 Å². The van der Waals surface area contributed by atoms with Crippen LogP contribution < -0.4 is 4.74 Å². The van der Waals surface area contributed by atoms with Gasteiger partial charge in [-0.2, -0.15) is 13.2 Å². The predicted molar refractivity (Wildman–Crippen MR) is 125 cm³/mol. The average Bonchev–Trinajstić information content (AvgIpc) is 2.83. The fourth-order valence-electron chi connectivity index (χ4n) is 3.25. The summed E-state index contributed by atoms with van der Waals surface area (Å²) in [5.74, 6) is -0.394. The van der Waals surface area contributed by atoms with Gasteiger partial charge in [0.1, 0.15) is 29.5 Å². The zero-order valence-electron chi connectivity index (χ0n) is 19.0. The van der Waals surface area contributed by atoms with E-state index in [2.05, 4.69) is 0 Å². The number of aldehydes is 1. The molecule has 0 aliphatic rings. The molecule has 0 N–H and O–H groups in total. The molecule has 0 heterocycles. The summed E-state index contributed by atoms with van der Waals surface area (Å²) in [5.41, 5.74) is 1.47. The SMILES string of the molecule is COc1ccc(-c2ccc3c(F)c(C#CC(F)(F)F)c(F)cc3c2)c(F)c1.Cc1ccc(C=O)cc1. The molecular weight excluding hydrogens is 482 g/mol. The number of fused-ring (bicyclic) bond motifs is 1. The number of benzene rings is 4. The van der Waals surface area contributed by atoms with Crippen molar-refractivity contribution in [3.05, 3.63) is 101 Å². The Morgan fingerprint density at radius 1 is 0.861 bits per heavy atom. The largest absolute Gasteiger partial charge is 0.497 e. The van der Waals surface area contributed by atoms with E-state index in [1.807, 2.05) is 31.2 Å². The van der Waals surface area contributed by atoms with Gasteiger partial charge in [-0.15, -0.1) is 0 Å². The van der Waals surface area contributed by atoms with Crippen molar-refractivity contribution in [2.45, 2.75) is 13.1 Å². The van der Waals surface area contributed by atoms with E-state index in [9.17, 15) is 31.1 Å². The number of carbonyl (C=O) groups excluding carboxylic acids is 1. The van der Waals surface area contributed by atoms with E-state index < -0.39 is 29.2 Å². The number of halogens is 6. The molecule has 4 rings (SSSR count). The van der Waals surface area contributed by atoms with Gasteiger partial charge >= 0.3 is 6.18 Å². The van der Waals surface area contributed by atoms with Crippen LogP contribution in [0, 0.1) is 36.2 Å². The summed E-state index contributed by atoms with van der Waals surface area (Å²) in [5, 5.41) is -0.0594. The summed E-state index contributed by atoms with van der Waals surface area (Å²) >= 11 is 0. The van der Waals surface area contributed by atoms with Crippen molar-refractivity contribution in [1.29, 1.82) is 0 Å². The average molecular weight is 500 g/mol. The monoisotopic (exact) mass is 500 g/mol. The van der Waals surface area contributed by atoms with Gasteiger partial charge in [0.05, 0.1) is 12.7 Å². The van der Waals surface area contributed by atoms with Crippen molar-refractivity contribution in [2.75, 3.05) is 7.11 Å². The van der Waals surface area contributed by atoms with E-state index >= 15 is 0 Å². The van der Waals surface area contributed by atoms with Crippen LogP contribution in [-0.4, -0.2) is 19.6 Å². The van der Waals surface area contributed by atoms with Crippen LogP contribution in [0.5, 0.6) is 5.75 Å². The van der Waals surface area contributed by atoms with Gasteiger partial charge in [0, 0.05) is 28.5 Å². The molecule has 8 heteroatoms. The highest BCUT2D eigenvalue weighted by Gasteiger charge is 2.24. The highest BCUT2D eigenvalue weighted by molar-refractivity contribution is 5.89. The van der Waals surface area contributed by atoms with E-state index in [0.29, 0.717) is 11.3 Å². The van der Waals surface area contributed by atoms with Crippen molar-refractivity contribution in [3.63, 3.8) is 0 Å². The van der Waals surface area contributed by atoms with E-state index in [4.69, 9.17) is 4.74 Å². The van der Waals surface area contributed by atoms with Crippen molar-refractivity contribution < 1.29 is 35.9 Å². The van der Waals surface area contributed by atoms with E-state index in [0.717, 1.165) is 29.9 Å². The molecule has 0 bridgehead atoms. The summed E-state index contributed by atoms with van der Waals surface area (Å²) < 4.78 is 84.2. The first-order chi connectivity index (χ1) is 17.0. The molecule has 0 atom stereocenters. The maximum absolute atomic E-state index is 14.4. The Labute approximate surface area is 203 Å². The maximum atomic E-state index is 14.4. The Bertz CT molecular complexity index is 1460. The number of ether oxygens (including phenoxy) is 1. The minimum Gasteiger partial charge on any atom is -0.497 e. The first kappa shape index (κ1) is 26.4. The first-order valence-electron chi connectivity index (χ1n) is 10.4. The number of hydrogen-bond acceptors (Lipinski definition) is 2. The zero-order valence-corrected chi connectivity index (χ0v) is 19.0. The molecule has 4 aromatic rings. The van der Waals surface area contributed by atoms with Crippen LogP contribution >= 0.6 is 0 Å². The molecule has 184 valence electrons. The maximum Gasteiger partial charge on any atom is 0.458 e. The molecule has 0 amide bonds. The Hall–Kier alpha value is -4.25. The number of alkyl halides is 3. The van der Waals surface area contributed by atoms with Crippen molar-refractivity contribution >= 4 is 17.1 Å². The van der Waals surface area contributed by atoms with Gasteiger partial charge in [-0.05, 0) is 42.1 Å². The molecule has 0 saturated heterocycles. The Balaban J connectivity index is 0.000000338. The molecule has 0 aromatic heterocycles. The molecule has 36 heavy (non-hydrogen) atoms. The molecular formula is C28H18F6O2. The predicted octanol–water partition coefficient (Wildman–Crippen LogP) is 7.65. The molecule has 0 fully saturated rings. The van der Waals surface area contributed by atoms with Crippen LogP contribution in [0.4, 0.5) is 26.3 Å². The fourth-order valence-corrected chi connectivity index (χ4v) is 3.25. The molecule has 4 aromatic carbocycles. The summed E-state index contributed by atoms with van der Waals surface area (Å²) in [6.07, 6.45) is -4.02. The minimum absolute atomic E-state index is 0.0651. The van der Waals surface area contributed by atoms with Crippen molar-refractivity contribution in [2.24, 2.45) is 0 Å². The summed E-state index contributed by atoms with van der Waals surface area (Å²) in [7, 11) is 1.38. The Morgan fingerprint density at radius 2 is 1.56 bits per heavy atom. The third-order valence-electron chi connectivity index (χ3n) is 5.06. The zero-order chi connectivity index (χ0) is 26.5. The lowest BCUT2D eigenvalue weighted by Gasteiger charge is -2.09. The van der Waals surface area contributed by atoms with Crippen LogP contribution in [0.15, 0.2) is 66.7 Å². The van der Waals surface area contributed by atoms with Crippen LogP contribution in [0.2, 0.25) is 0 Å². The lowest BCUT2D eigenvalue weighted by molar-refractivity contribution is -0.0696. The third kappa shape index (κ3) is 6.45. The smallest absolute Gasteiger partial charge is 0.458 e. The fraction of sp³-hybridized carbons (Fsp3) is 0.107. The van der Waals surface area contributed by atoms with Gasteiger partial charge in [-0.3, -0.25) is 4.79 Å². The van der Waals surface area contributed by atoms with Gasteiger partial charge in [-0.25, -0.2) is 13.2 Å². The molecule has 0 spiro atoms. The second-order valence-electron chi connectivity index (χ2n) is 7.61. The second-order valence-corrected chi connectivity index (χ2v) is 7.61. The molecule has 0 radical (unpaired) electrons. The molecule has 0 aliphatic heterocycles. The van der Waals surface area contributed by atoms with Gasteiger partial charge in [0.25, 0.3) is 0 Å². The Kier molecular flexibility index (Phi) is 8.05. The summed E-state index contributed by atoms with van der Waals surface area (Å²) in [4.78, 5) is 10.1. The summed E-state index contributed by atoms with van der Waals surface area (Å²) in [6, 6.07) is 16.4. The number of rotatable bonds is 3. The van der Waals surface area contributed by atoms with Crippen LogP contribution in [0.1, 0.15) is 21.5 Å². The molecule has 2 nitrogen and oxygen atoms in total. The highest BCUT2D eigenvalue weighted by Crippen LogP contribution is 2.31. The van der Waals surface area contributed by atoms with Gasteiger partial charge in [0.2, 0.25) is 0 Å². The number of aryl methyl sites for hydroxylation is 1. The number of methoxy groups -OCH3 is 1. The lowest BCUT2D eigenvalue weighted by atomic mass is 9.98. The molecule has 0 unspecified atom stereocenters. The van der Waals surface area contributed by atoms with Gasteiger partial charge in [0.15, 0.2) is 0 Å². The second kappa shape index (κ2) is 11.0. The highest BCUT2D eigenvalue weighted by atomic mass is 19.4. The number of hydrogen-bond donors (Lipinski definition) is 0. The van der Waals surface area contributed by atoms with E-state index in [1.54, 1.807) is 0 Å². The van der Waals surface area contributed by atoms with Crippen molar-refractivity contribution in [3.8, 4) is 28.7 Å². The van der Waals surface area contributed by atoms with Gasteiger partial charge in [-0.1, -0.05) is 47.9 Å². The first-order valence-corrected chi connectivity index (χ1v) is 10.4. The minimum atomic E-state index is -4.87. The van der Waals surface area contributed by atoms with E-state index in [-0.39, 0.29) is 16.3 Å². The summed E-state index contributed by atoms with van der Waals surface area (Å²) in [6.45, 7) is 1.99. The van der Waals surface area contributed by atoms with Crippen LogP contribution in [-0.2, 0) is 0 Å². The Morgan fingerprint density at radius 3 is 2.14 bits per heavy atom. The topological polar surface area (TPSA) is 26.3 Å². The quantitative estimate of drug-likeness (QED) is 0.164.